The summed E-state index contributed by atoms with van der Waals surface area (Å²) in [7, 11) is 0. The Morgan fingerprint density at radius 2 is 2.05 bits per heavy atom. The Labute approximate surface area is 112 Å². The largest absolute Gasteiger partial charge is 0.478 e. The highest BCUT2D eigenvalue weighted by Gasteiger charge is 2.27. The van der Waals surface area contributed by atoms with E-state index in [1.807, 2.05) is 6.92 Å². The van der Waals surface area contributed by atoms with Crippen molar-refractivity contribution in [3.63, 3.8) is 0 Å². The fraction of sp³-hybridized carbons (Fsp3) is 0.429. The van der Waals surface area contributed by atoms with Crippen molar-refractivity contribution < 1.29 is 14.7 Å². The quantitative estimate of drug-likeness (QED) is 0.759. The molecule has 1 rings (SSSR count). The molecule has 1 atom stereocenters. The zero-order valence-corrected chi connectivity index (χ0v) is 11.5. The number of benzene rings is 1. The van der Waals surface area contributed by atoms with Gasteiger partial charge in [0.05, 0.1) is 11.1 Å². The number of carbonyl (C=O) groups excluding carboxylic acids is 1. The molecule has 0 bridgehead atoms. The van der Waals surface area contributed by atoms with Gasteiger partial charge in [-0.3, -0.25) is 4.79 Å². The van der Waals surface area contributed by atoms with Gasteiger partial charge in [0.2, 0.25) is 5.91 Å². The minimum absolute atomic E-state index is 0.224. The number of carboxylic acid groups (broad SMARTS) is 1. The number of amides is 1. The van der Waals surface area contributed by atoms with Gasteiger partial charge in [0.1, 0.15) is 0 Å². The molecule has 1 amide bonds. The van der Waals surface area contributed by atoms with Gasteiger partial charge < -0.3 is 16.2 Å². The zero-order valence-electron chi connectivity index (χ0n) is 11.5. The van der Waals surface area contributed by atoms with E-state index in [9.17, 15) is 9.59 Å². The number of hydrogen-bond donors (Lipinski definition) is 3. The molecule has 19 heavy (non-hydrogen) atoms. The smallest absolute Gasteiger partial charge is 0.335 e. The number of hydrogen-bond acceptors (Lipinski definition) is 3. The van der Waals surface area contributed by atoms with Crippen molar-refractivity contribution in [1.82, 2.24) is 0 Å². The van der Waals surface area contributed by atoms with E-state index >= 15 is 0 Å². The third kappa shape index (κ3) is 3.79. The summed E-state index contributed by atoms with van der Waals surface area (Å²) in [6.45, 7) is 5.33. The van der Waals surface area contributed by atoms with E-state index in [1.165, 1.54) is 6.07 Å². The van der Waals surface area contributed by atoms with Crippen LogP contribution in [-0.4, -0.2) is 22.5 Å². The van der Waals surface area contributed by atoms with Gasteiger partial charge in [-0.15, -0.1) is 0 Å². The maximum Gasteiger partial charge on any atom is 0.335 e. The van der Waals surface area contributed by atoms with Crippen molar-refractivity contribution in [2.75, 3.05) is 5.32 Å². The molecule has 1 aromatic rings. The predicted octanol–water partition coefficient (Wildman–Crippen LogP) is 2.15. The van der Waals surface area contributed by atoms with Crippen molar-refractivity contribution in [2.24, 2.45) is 5.73 Å². The Balaban J connectivity index is 2.87. The number of nitrogens with two attached hydrogens (primary N) is 1. The Bertz CT molecular complexity index is 495. The minimum Gasteiger partial charge on any atom is -0.478 e. The number of carbonyl (C=O) groups is 2. The maximum absolute atomic E-state index is 12.0. The summed E-state index contributed by atoms with van der Waals surface area (Å²) in [5, 5.41) is 11.6. The highest BCUT2D eigenvalue weighted by molar-refractivity contribution is 5.98. The summed E-state index contributed by atoms with van der Waals surface area (Å²) in [6, 6.07) is 4.67. The van der Waals surface area contributed by atoms with Gasteiger partial charge in [0.15, 0.2) is 0 Å². The van der Waals surface area contributed by atoms with Gasteiger partial charge >= 0.3 is 5.97 Å². The second-order valence-electron chi connectivity index (χ2n) is 4.96. The third-order valence-electron chi connectivity index (χ3n) is 3.00. The standard InChI is InChI=1S/C14H20N2O3/c1-4-7-14(3,15)13(19)16-10-5-6-11(12(17)18)9(2)8-10/h5-6,8H,4,7,15H2,1-3H3,(H,16,19)(H,17,18). The van der Waals surface area contributed by atoms with Crippen LogP contribution in [0.2, 0.25) is 0 Å². The molecule has 5 heteroatoms. The van der Waals surface area contributed by atoms with Gasteiger partial charge in [-0.25, -0.2) is 4.79 Å². The van der Waals surface area contributed by atoms with Crippen LogP contribution in [0.4, 0.5) is 5.69 Å². The van der Waals surface area contributed by atoms with E-state index in [0.717, 1.165) is 6.42 Å². The van der Waals surface area contributed by atoms with Crippen LogP contribution in [0.3, 0.4) is 0 Å². The first-order chi connectivity index (χ1) is 8.77. The van der Waals surface area contributed by atoms with Crippen molar-refractivity contribution in [2.45, 2.75) is 39.2 Å². The average molecular weight is 264 g/mol. The molecule has 5 nitrogen and oxygen atoms in total. The first-order valence-corrected chi connectivity index (χ1v) is 6.22. The lowest BCUT2D eigenvalue weighted by Gasteiger charge is -2.23. The normalized spacial score (nSPS) is 13.7. The summed E-state index contributed by atoms with van der Waals surface area (Å²) < 4.78 is 0. The Kier molecular flexibility index (Phi) is 4.67. The summed E-state index contributed by atoms with van der Waals surface area (Å²) in [6.07, 6.45) is 1.41. The van der Waals surface area contributed by atoms with Crippen molar-refractivity contribution in [3.05, 3.63) is 29.3 Å². The molecule has 0 aliphatic carbocycles. The van der Waals surface area contributed by atoms with Gasteiger partial charge in [0.25, 0.3) is 0 Å². The molecule has 104 valence electrons. The Morgan fingerprint density at radius 1 is 1.42 bits per heavy atom. The average Bonchev–Trinajstić information content (AvgIpc) is 2.28. The van der Waals surface area contributed by atoms with Crippen LogP contribution in [0, 0.1) is 6.92 Å². The first-order valence-electron chi connectivity index (χ1n) is 6.22. The third-order valence-corrected chi connectivity index (χ3v) is 3.00. The van der Waals surface area contributed by atoms with E-state index in [4.69, 9.17) is 10.8 Å². The second kappa shape index (κ2) is 5.84. The molecule has 1 unspecified atom stereocenters. The highest BCUT2D eigenvalue weighted by Crippen LogP contribution is 2.17. The summed E-state index contributed by atoms with van der Waals surface area (Å²) in [4.78, 5) is 22.9. The van der Waals surface area contributed by atoms with Gasteiger partial charge in [-0.2, -0.15) is 0 Å². The molecule has 4 N–H and O–H groups in total. The SMILES string of the molecule is CCCC(C)(N)C(=O)Nc1ccc(C(=O)O)c(C)c1. The molecule has 0 heterocycles. The van der Waals surface area contributed by atoms with Crippen LogP contribution >= 0.6 is 0 Å². The minimum atomic E-state index is -0.981. The lowest BCUT2D eigenvalue weighted by molar-refractivity contribution is -0.120. The highest BCUT2D eigenvalue weighted by atomic mass is 16.4. The molecule has 0 aromatic heterocycles. The van der Waals surface area contributed by atoms with E-state index < -0.39 is 11.5 Å². The fourth-order valence-corrected chi connectivity index (χ4v) is 1.89. The topological polar surface area (TPSA) is 92.4 Å². The molecule has 0 saturated carbocycles. The Morgan fingerprint density at radius 3 is 2.53 bits per heavy atom. The molecule has 1 aromatic carbocycles. The number of rotatable bonds is 5. The monoisotopic (exact) mass is 264 g/mol. The zero-order chi connectivity index (χ0) is 14.6. The lowest BCUT2D eigenvalue weighted by Crippen LogP contribution is -2.48. The van der Waals surface area contributed by atoms with Crippen LogP contribution in [0.25, 0.3) is 0 Å². The fourth-order valence-electron chi connectivity index (χ4n) is 1.89. The van der Waals surface area contributed by atoms with Gasteiger partial charge in [-0.1, -0.05) is 13.3 Å². The van der Waals surface area contributed by atoms with Gasteiger partial charge in [0, 0.05) is 5.69 Å². The number of anilines is 1. The van der Waals surface area contributed by atoms with Crippen molar-refractivity contribution >= 4 is 17.6 Å². The lowest BCUT2D eigenvalue weighted by atomic mass is 9.96. The molecule has 0 aliphatic rings. The van der Waals surface area contributed by atoms with E-state index in [0.29, 0.717) is 17.7 Å². The van der Waals surface area contributed by atoms with Crippen LogP contribution in [0.1, 0.15) is 42.6 Å². The van der Waals surface area contributed by atoms with Crippen LogP contribution in [-0.2, 0) is 4.79 Å². The number of aromatic carboxylic acids is 1. The van der Waals surface area contributed by atoms with Gasteiger partial charge in [-0.05, 0) is 44.0 Å². The molecule has 0 spiro atoms. The summed E-state index contributed by atoms with van der Waals surface area (Å²) >= 11 is 0. The molecule has 0 fully saturated rings. The number of aryl methyl sites for hydroxylation is 1. The molecular formula is C14H20N2O3. The molecule has 0 radical (unpaired) electrons. The van der Waals surface area contributed by atoms with Crippen LogP contribution in [0.5, 0.6) is 0 Å². The second-order valence-corrected chi connectivity index (χ2v) is 4.96. The van der Waals surface area contributed by atoms with Crippen LogP contribution < -0.4 is 11.1 Å². The Hall–Kier alpha value is -1.88. The van der Waals surface area contributed by atoms with Crippen molar-refractivity contribution in [1.29, 1.82) is 0 Å². The summed E-state index contributed by atoms with van der Waals surface area (Å²) in [5.74, 6) is -1.25. The molecular weight excluding hydrogens is 244 g/mol. The molecule has 0 saturated heterocycles. The van der Waals surface area contributed by atoms with E-state index in [2.05, 4.69) is 5.32 Å². The molecule has 0 aliphatic heterocycles. The predicted molar refractivity (Wildman–Crippen MR) is 74.3 cm³/mol. The van der Waals surface area contributed by atoms with Crippen LogP contribution in [0.15, 0.2) is 18.2 Å². The van der Waals surface area contributed by atoms with E-state index in [-0.39, 0.29) is 11.5 Å². The maximum atomic E-state index is 12.0. The number of nitrogens with one attached hydrogen (secondary N) is 1. The van der Waals surface area contributed by atoms with E-state index in [1.54, 1.807) is 26.0 Å². The van der Waals surface area contributed by atoms with Crippen molar-refractivity contribution in [3.8, 4) is 0 Å². The summed E-state index contributed by atoms with van der Waals surface area (Å²) in [5.41, 5.74) is 6.38. The number of carboxylic acids is 1. The first kappa shape index (κ1) is 15.2.